The topological polar surface area (TPSA) is 69.2 Å². The molecule has 1 saturated heterocycles. The zero-order valence-electron chi connectivity index (χ0n) is 16.9. The highest BCUT2D eigenvalue weighted by molar-refractivity contribution is 5.80. The molecule has 1 unspecified atom stereocenters. The van der Waals surface area contributed by atoms with Crippen molar-refractivity contribution in [1.29, 1.82) is 0 Å². The summed E-state index contributed by atoms with van der Waals surface area (Å²) in [7, 11) is 0. The van der Waals surface area contributed by atoms with Crippen LogP contribution in [0.2, 0.25) is 0 Å². The maximum absolute atomic E-state index is 4.91. The Hall–Kier alpha value is -3.15. The number of H-pyrrole nitrogens is 1. The Labute approximate surface area is 172 Å². The van der Waals surface area contributed by atoms with Crippen LogP contribution in [0.25, 0.3) is 11.4 Å². The molecule has 1 atom stereocenters. The van der Waals surface area contributed by atoms with E-state index in [1.54, 1.807) is 0 Å². The van der Waals surface area contributed by atoms with Gasteiger partial charge in [-0.05, 0) is 42.9 Å². The van der Waals surface area contributed by atoms with Gasteiger partial charge in [-0.15, -0.1) is 0 Å². The van der Waals surface area contributed by atoms with Crippen molar-refractivity contribution in [1.82, 2.24) is 25.4 Å². The van der Waals surface area contributed by atoms with Crippen LogP contribution in [0.3, 0.4) is 0 Å². The number of likely N-dealkylation sites (tertiary alicyclic amines) is 1. The maximum Gasteiger partial charge on any atom is 0.194 e. The van der Waals surface area contributed by atoms with Crippen molar-refractivity contribution in [2.45, 2.75) is 26.3 Å². The van der Waals surface area contributed by atoms with Crippen LogP contribution in [0, 0.1) is 5.92 Å². The van der Waals surface area contributed by atoms with E-state index >= 15 is 0 Å². The summed E-state index contributed by atoms with van der Waals surface area (Å²) in [6.07, 6.45) is 3.87. The van der Waals surface area contributed by atoms with Gasteiger partial charge in [-0.1, -0.05) is 48.5 Å². The molecular weight excluding hydrogens is 360 g/mol. The number of aromatic nitrogens is 3. The predicted octanol–water partition coefficient (Wildman–Crippen LogP) is 3.50. The van der Waals surface area contributed by atoms with E-state index in [0.717, 1.165) is 49.0 Å². The van der Waals surface area contributed by atoms with Gasteiger partial charge in [0.2, 0.25) is 0 Å². The summed E-state index contributed by atoms with van der Waals surface area (Å²) in [5.74, 6) is 2.47. The van der Waals surface area contributed by atoms with Gasteiger partial charge in [-0.25, -0.2) is 9.98 Å². The van der Waals surface area contributed by atoms with E-state index in [1.807, 2.05) is 12.1 Å². The summed E-state index contributed by atoms with van der Waals surface area (Å²) in [6, 6.07) is 19.1. The zero-order valence-corrected chi connectivity index (χ0v) is 16.9. The fourth-order valence-corrected chi connectivity index (χ4v) is 3.89. The molecule has 6 nitrogen and oxygen atoms in total. The first-order valence-electron chi connectivity index (χ1n) is 10.3. The van der Waals surface area contributed by atoms with Gasteiger partial charge in [-0.3, -0.25) is 5.10 Å². The van der Waals surface area contributed by atoms with Crippen molar-refractivity contribution in [3.8, 4) is 11.4 Å². The summed E-state index contributed by atoms with van der Waals surface area (Å²) in [6.45, 7) is 5.75. The summed E-state index contributed by atoms with van der Waals surface area (Å²) >= 11 is 0. The van der Waals surface area contributed by atoms with Gasteiger partial charge in [-0.2, -0.15) is 5.10 Å². The molecule has 150 valence electrons. The van der Waals surface area contributed by atoms with Crippen molar-refractivity contribution >= 4 is 5.96 Å². The minimum absolute atomic E-state index is 0.643. The number of benzene rings is 2. The average molecular weight is 389 g/mol. The first-order chi connectivity index (χ1) is 14.3. The van der Waals surface area contributed by atoms with E-state index in [-0.39, 0.29) is 0 Å². The Morgan fingerprint density at radius 1 is 1.17 bits per heavy atom. The lowest BCUT2D eigenvalue weighted by atomic mass is 9.99. The van der Waals surface area contributed by atoms with Crippen LogP contribution in [0.1, 0.15) is 24.5 Å². The van der Waals surface area contributed by atoms with E-state index < -0.39 is 0 Å². The lowest BCUT2D eigenvalue weighted by Gasteiger charge is -2.22. The molecular formula is C23H28N6. The highest BCUT2D eigenvalue weighted by Gasteiger charge is 2.24. The fraction of sp³-hybridized carbons (Fsp3) is 0.348. The van der Waals surface area contributed by atoms with Crippen molar-refractivity contribution in [2.24, 2.45) is 10.9 Å². The molecule has 1 aliphatic heterocycles. The van der Waals surface area contributed by atoms with Gasteiger partial charge in [0.15, 0.2) is 11.8 Å². The molecule has 3 aromatic rings. The number of hydrogen-bond donors (Lipinski definition) is 2. The van der Waals surface area contributed by atoms with Gasteiger partial charge in [0, 0.05) is 25.2 Å². The molecule has 0 amide bonds. The second-order valence-corrected chi connectivity index (χ2v) is 7.50. The first-order valence-corrected chi connectivity index (χ1v) is 10.3. The largest absolute Gasteiger partial charge is 0.357 e. The standard InChI is InChI=1S/C23H28N6/c1-2-24-23(29-12-11-20(16-29)13-18-7-4-3-5-8-18)25-15-19-9-6-10-21(14-19)22-26-17-27-28-22/h3-10,14,17,20H,2,11-13,15-16H2,1H3,(H,24,25)(H,26,27,28). The van der Waals surface area contributed by atoms with Crippen molar-refractivity contribution in [3.63, 3.8) is 0 Å². The van der Waals surface area contributed by atoms with Crippen LogP contribution in [0.15, 0.2) is 65.9 Å². The van der Waals surface area contributed by atoms with Gasteiger partial charge < -0.3 is 10.2 Å². The minimum atomic E-state index is 0.643. The molecule has 1 aliphatic rings. The highest BCUT2D eigenvalue weighted by atomic mass is 15.3. The first kappa shape index (κ1) is 19.2. The predicted molar refractivity (Wildman–Crippen MR) is 116 cm³/mol. The molecule has 1 fully saturated rings. The normalized spacial score (nSPS) is 16.9. The van der Waals surface area contributed by atoms with Gasteiger partial charge in [0.25, 0.3) is 0 Å². The van der Waals surface area contributed by atoms with E-state index in [0.29, 0.717) is 12.5 Å². The van der Waals surface area contributed by atoms with Crippen LogP contribution < -0.4 is 5.32 Å². The maximum atomic E-state index is 4.91. The smallest absolute Gasteiger partial charge is 0.194 e. The minimum Gasteiger partial charge on any atom is -0.357 e. The fourth-order valence-electron chi connectivity index (χ4n) is 3.89. The summed E-state index contributed by atoms with van der Waals surface area (Å²) in [5, 5.41) is 10.3. The molecule has 29 heavy (non-hydrogen) atoms. The molecule has 4 rings (SSSR count). The monoisotopic (exact) mass is 388 g/mol. The second-order valence-electron chi connectivity index (χ2n) is 7.50. The molecule has 2 heterocycles. The van der Waals surface area contributed by atoms with Crippen LogP contribution in [-0.2, 0) is 13.0 Å². The van der Waals surface area contributed by atoms with E-state index in [1.165, 1.54) is 18.3 Å². The molecule has 0 radical (unpaired) electrons. The lowest BCUT2D eigenvalue weighted by Crippen LogP contribution is -2.40. The Kier molecular flexibility index (Phi) is 6.19. The lowest BCUT2D eigenvalue weighted by molar-refractivity contribution is 0.460. The molecule has 6 heteroatoms. The van der Waals surface area contributed by atoms with Crippen LogP contribution >= 0.6 is 0 Å². The Bertz CT molecular complexity index is 920. The van der Waals surface area contributed by atoms with Crippen molar-refractivity contribution in [3.05, 3.63) is 72.1 Å². The quantitative estimate of drug-likeness (QED) is 0.501. The number of nitrogens with zero attached hydrogens (tertiary/aromatic N) is 4. The number of nitrogens with one attached hydrogen (secondary N) is 2. The molecule has 1 aromatic heterocycles. The van der Waals surface area contributed by atoms with E-state index in [2.05, 4.69) is 74.8 Å². The number of aliphatic imine (C=N–C) groups is 1. The van der Waals surface area contributed by atoms with E-state index in [9.17, 15) is 0 Å². The van der Waals surface area contributed by atoms with E-state index in [4.69, 9.17) is 4.99 Å². The summed E-state index contributed by atoms with van der Waals surface area (Å²) in [5.41, 5.74) is 3.61. The molecule has 2 aromatic carbocycles. The molecule has 2 N–H and O–H groups in total. The third-order valence-corrected chi connectivity index (χ3v) is 5.31. The van der Waals surface area contributed by atoms with Crippen LogP contribution in [-0.4, -0.2) is 45.7 Å². The molecule has 0 spiro atoms. The number of rotatable bonds is 6. The third-order valence-electron chi connectivity index (χ3n) is 5.31. The molecule has 0 bridgehead atoms. The Balaban J connectivity index is 1.41. The summed E-state index contributed by atoms with van der Waals surface area (Å²) in [4.78, 5) is 11.5. The molecule has 0 aliphatic carbocycles. The van der Waals surface area contributed by atoms with Gasteiger partial charge in [0.1, 0.15) is 6.33 Å². The average Bonchev–Trinajstić information content (AvgIpc) is 3.45. The molecule has 0 saturated carbocycles. The van der Waals surface area contributed by atoms with Crippen LogP contribution in [0.4, 0.5) is 0 Å². The SMILES string of the molecule is CCNC(=NCc1cccc(-c2ncn[nH]2)c1)N1CCC(Cc2ccccc2)C1. The third kappa shape index (κ3) is 5.02. The Morgan fingerprint density at radius 3 is 2.83 bits per heavy atom. The second kappa shape index (κ2) is 9.37. The number of hydrogen-bond acceptors (Lipinski definition) is 3. The highest BCUT2D eigenvalue weighted by Crippen LogP contribution is 2.21. The number of guanidine groups is 1. The number of aromatic amines is 1. The zero-order chi connectivity index (χ0) is 19.9. The van der Waals surface area contributed by atoms with Crippen molar-refractivity contribution in [2.75, 3.05) is 19.6 Å². The van der Waals surface area contributed by atoms with Crippen molar-refractivity contribution < 1.29 is 0 Å². The summed E-state index contributed by atoms with van der Waals surface area (Å²) < 4.78 is 0. The van der Waals surface area contributed by atoms with Gasteiger partial charge >= 0.3 is 0 Å². The Morgan fingerprint density at radius 2 is 2.03 bits per heavy atom. The van der Waals surface area contributed by atoms with Gasteiger partial charge in [0.05, 0.1) is 6.54 Å². The van der Waals surface area contributed by atoms with Crippen LogP contribution in [0.5, 0.6) is 0 Å².